The highest BCUT2D eigenvalue weighted by molar-refractivity contribution is 5.69. The maximum Gasteiger partial charge on any atom is 0.307 e. The van der Waals surface area contributed by atoms with Crippen molar-refractivity contribution >= 4 is 5.97 Å². The first-order chi connectivity index (χ1) is 13.3. The largest absolute Gasteiger partial charge is 0.466 e. The summed E-state index contributed by atoms with van der Waals surface area (Å²) in [5, 5.41) is 3.58. The lowest BCUT2D eigenvalue weighted by molar-refractivity contribution is -0.143. The zero-order valence-electron chi connectivity index (χ0n) is 18.6. The Kier molecular flexibility index (Phi) is 6.54. The average Bonchev–Trinajstić information content (AvgIpc) is 2.65. The highest BCUT2D eigenvalue weighted by Crippen LogP contribution is 2.57. The van der Waals surface area contributed by atoms with Gasteiger partial charge in [-0.25, -0.2) is 0 Å². The summed E-state index contributed by atoms with van der Waals surface area (Å²) >= 11 is 0. The van der Waals surface area contributed by atoms with Crippen molar-refractivity contribution in [3.05, 3.63) is 34.9 Å². The van der Waals surface area contributed by atoms with Crippen molar-refractivity contribution in [1.29, 1.82) is 0 Å². The molecule has 0 aromatic heterocycles. The van der Waals surface area contributed by atoms with E-state index in [1.807, 2.05) is 6.92 Å². The molecule has 1 aromatic carbocycles. The summed E-state index contributed by atoms with van der Waals surface area (Å²) in [6, 6.07) is 7.28. The van der Waals surface area contributed by atoms with Crippen molar-refractivity contribution in [2.24, 2.45) is 11.3 Å². The Morgan fingerprint density at radius 3 is 2.79 bits per heavy atom. The van der Waals surface area contributed by atoms with Crippen LogP contribution >= 0.6 is 0 Å². The minimum atomic E-state index is -0.0961. The lowest BCUT2D eigenvalue weighted by atomic mass is 9.49. The first-order valence-electron chi connectivity index (χ1n) is 11.3. The predicted octanol–water partition coefficient (Wildman–Crippen LogP) is 5.36. The normalized spacial score (nSPS) is 29.3. The van der Waals surface area contributed by atoms with Gasteiger partial charge in [0, 0.05) is 13.1 Å². The van der Waals surface area contributed by atoms with Crippen molar-refractivity contribution in [2.45, 2.75) is 84.5 Å². The van der Waals surface area contributed by atoms with E-state index in [9.17, 15) is 4.79 Å². The molecule has 1 saturated carbocycles. The van der Waals surface area contributed by atoms with Crippen molar-refractivity contribution < 1.29 is 9.53 Å². The van der Waals surface area contributed by atoms with E-state index in [-0.39, 0.29) is 16.8 Å². The molecule has 0 spiro atoms. The Morgan fingerprint density at radius 1 is 1.29 bits per heavy atom. The summed E-state index contributed by atoms with van der Waals surface area (Å²) in [6.45, 7) is 13.6. The second-order valence-corrected chi connectivity index (χ2v) is 9.82. The fourth-order valence-electron chi connectivity index (χ4n) is 6.01. The third-order valence-corrected chi connectivity index (χ3v) is 7.51. The molecular weight excluding hydrogens is 346 g/mol. The van der Waals surface area contributed by atoms with E-state index in [0.29, 0.717) is 31.4 Å². The minimum absolute atomic E-state index is 0.0961. The van der Waals surface area contributed by atoms with Crippen molar-refractivity contribution in [3.8, 4) is 0 Å². The van der Waals surface area contributed by atoms with E-state index < -0.39 is 0 Å². The summed E-state index contributed by atoms with van der Waals surface area (Å²) in [6.07, 6.45) is 6.81. The Morgan fingerprint density at radius 2 is 2.07 bits per heavy atom. The molecule has 3 rings (SSSR count). The van der Waals surface area contributed by atoms with Crippen molar-refractivity contribution in [1.82, 2.24) is 5.32 Å². The number of esters is 1. The molecule has 156 valence electrons. The number of nitrogens with one attached hydrogen (secondary N) is 1. The van der Waals surface area contributed by atoms with Crippen LogP contribution in [0.3, 0.4) is 0 Å². The quantitative estimate of drug-likeness (QED) is 0.507. The van der Waals surface area contributed by atoms with Crippen LogP contribution in [0.5, 0.6) is 0 Å². The minimum Gasteiger partial charge on any atom is -0.466 e. The second-order valence-electron chi connectivity index (χ2n) is 9.82. The smallest absolute Gasteiger partial charge is 0.307 e. The number of carbonyl (C=O) groups is 1. The molecular formula is C25H39NO2. The number of fused-ring (bicyclic) bond motifs is 3. The lowest BCUT2D eigenvalue weighted by Crippen LogP contribution is -2.52. The van der Waals surface area contributed by atoms with Crippen LogP contribution in [0, 0.1) is 11.3 Å². The van der Waals surface area contributed by atoms with Gasteiger partial charge in [0.1, 0.15) is 0 Å². The standard InChI is InChI=1S/C25H39NO2/c1-6-28-23(27)12-15-26-17-24(4)13-7-14-25(5)21-10-8-19(18(2)3)16-20(21)9-11-22(24)25/h8,10,16,18,22,26H,6-7,9,11-15,17H2,1-5H3/t22-,24-,25+/m0/s1. The van der Waals surface area contributed by atoms with Crippen LogP contribution in [0.25, 0.3) is 0 Å². The van der Waals surface area contributed by atoms with Gasteiger partial charge in [-0.3, -0.25) is 4.79 Å². The fraction of sp³-hybridized carbons (Fsp3) is 0.720. The number of hydrogen-bond donors (Lipinski definition) is 1. The maximum atomic E-state index is 11.6. The van der Waals surface area contributed by atoms with Crippen LogP contribution in [0.4, 0.5) is 0 Å². The number of aryl methyl sites for hydroxylation is 1. The first-order valence-corrected chi connectivity index (χ1v) is 11.3. The zero-order valence-corrected chi connectivity index (χ0v) is 18.6. The Labute approximate surface area is 171 Å². The second kappa shape index (κ2) is 8.57. The molecule has 1 aromatic rings. The molecule has 3 nitrogen and oxygen atoms in total. The van der Waals surface area contributed by atoms with Gasteiger partial charge in [0.15, 0.2) is 0 Å². The molecule has 3 heteroatoms. The molecule has 0 unspecified atom stereocenters. The number of ether oxygens (including phenoxy) is 1. The van der Waals surface area contributed by atoms with Crippen LogP contribution in [0.15, 0.2) is 18.2 Å². The van der Waals surface area contributed by atoms with Gasteiger partial charge in [0.05, 0.1) is 13.0 Å². The molecule has 0 aliphatic heterocycles. The topological polar surface area (TPSA) is 38.3 Å². The van der Waals surface area contributed by atoms with Crippen LogP contribution in [0.1, 0.15) is 89.3 Å². The lowest BCUT2D eigenvalue weighted by Gasteiger charge is -2.55. The van der Waals surface area contributed by atoms with Crippen molar-refractivity contribution in [2.75, 3.05) is 19.7 Å². The van der Waals surface area contributed by atoms with Crippen molar-refractivity contribution in [3.63, 3.8) is 0 Å². The van der Waals surface area contributed by atoms with E-state index in [4.69, 9.17) is 4.74 Å². The summed E-state index contributed by atoms with van der Waals surface area (Å²) < 4.78 is 5.05. The molecule has 0 saturated heterocycles. The summed E-state index contributed by atoms with van der Waals surface area (Å²) in [5.41, 5.74) is 5.23. The SMILES string of the molecule is CCOC(=O)CCNC[C@]1(C)CCC[C@]2(C)c3ccc(C(C)C)cc3CC[C@@H]12. The van der Waals surface area contributed by atoms with Gasteiger partial charge in [-0.15, -0.1) is 0 Å². The first kappa shape index (κ1) is 21.4. The molecule has 2 aliphatic rings. The average molecular weight is 386 g/mol. The van der Waals surface area contributed by atoms with Crippen LogP contribution in [-0.2, 0) is 21.4 Å². The maximum absolute atomic E-state index is 11.6. The van der Waals surface area contributed by atoms with E-state index >= 15 is 0 Å². The molecule has 0 heterocycles. The van der Waals surface area contributed by atoms with Gasteiger partial charge in [0.2, 0.25) is 0 Å². The summed E-state index contributed by atoms with van der Waals surface area (Å²) in [5.74, 6) is 1.19. The van der Waals surface area contributed by atoms with E-state index in [2.05, 4.69) is 51.2 Å². The molecule has 1 N–H and O–H groups in total. The van der Waals surface area contributed by atoms with E-state index in [0.717, 1.165) is 6.54 Å². The zero-order chi connectivity index (χ0) is 20.4. The van der Waals surface area contributed by atoms with Crippen LogP contribution in [0.2, 0.25) is 0 Å². The van der Waals surface area contributed by atoms with Crippen LogP contribution in [-0.4, -0.2) is 25.7 Å². The van der Waals surface area contributed by atoms with Gasteiger partial charge in [0.25, 0.3) is 0 Å². The molecule has 1 fully saturated rings. The third kappa shape index (κ3) is 4.15. The van der Waals surface area contributed by atoms with E-state index in [1.54, 1.807) is 11.1 Å². The molecule has 0 amide bonds. The van der Waals surface area contributed by atoms with Gasteiger partial charge in [-0.05, 0) is 72.0 Å². The molecule has 2 aliphatic carbocycles. The monoisotopic (exact) mass is 385 g/mol. The Hall–Kier alpha value is -1.35. The van der Waals surface area contributed by atoms with Gasteiger partial charge in [-0.2, -0.15) is 0 Å². The molecule has 0 radical (unpaired) electrons. The third-order valence-electron chi connectivity index (χ3n) is 7.51. The number of rotatable bonds is 7. The summed E-state index contributed by atoms with van der Waals surface area (Å²) in [7, 11) is 0. The number of carbonyl (C=O) groups excluding carboxylic acids is 1. The Balaban J connectivity index is 1.72. The van der Waals surface area contributed by atoms with Gasteiger partial charge >= 0.3 is 5.97 Å². The predicted molar refractivity (Wildman–Crippen MR) is 116 cm³/mol. The summed E-state index contributed by atoms with van der Waals surface area (Å²) in [4.78, 5) is 11.6. The van der Waals surface area contributed by atoms with E-state index in [1.165, 1.54) is 37.7 Å². The highest BCUT2D eigenvalue weighted by Gasteiger charge is 2.51. The number of hydrogen-bond acceptors (Lipinski definition) is 3. The molecule has 28 heavy (non-hydrogen) atoms. The highest BCUT2D eigenvalue weighted by atomic mass is 16.5. The van der Waals surface area contributed by atoms with Gasteiger partial charge < -0.3 is 10.1 Å². The van der Waals surface area contributed by atoms with Crippen LogP contribution < -0.4 is 5.32 Å². The number of benzene rings is 1. The molecule has 3 atom stereocenters. The van der Waals surface area contributed by atoms with Gasteiger partial charge in [-0.1, -0.05) is 52.3 Å². The fourth-order valence-corrected chi connectivity index (χ4v) is 6.01. The molecule has 0 bridgehead atoms. The Bertz CT molecular complexity index is 698.